The average molecular weight is 560 g/mol. The fourth-order valence-electron chi connectivity index (χ4n) is 4.56. The summed E-state index contributed by atoms with van der Waals surface area (Å²) in [6.45, 7) is 1.89. The first-order chi connectivity index (χ1) is 20.4. The molecule has 2 aromatic heterocycles. The number of aliphatic imine (C=N–C) groups is 1. The number of aromatic amines is 1. The van der Waals surface area contributed by atoms with Crippen LogP contribution in [0.15, 0.2) is 114 Å². The summed E-state index contributed by atoms with van der Waals surface area (Å²) in [6, 6.07) is 23.3. The summed E-state index contributed by atoms with van der Waals surface area (Å²) >= 11 is 0. The van der Waals surface area contributed by atoms with Gasteiger partial charge in [0, 0.05) is 58.6 Å². The molecule has 42 heavy (non-hydrogen) atoms. The van der Waals surface area contributed by atoms with Gasteiger partial charge >= 0.3 is 0 Å². The second-order valence-corrected chi connectivity index (χ2v) is 9.33. The number of hydrogen-bond acceptors (Lipinski definition) is 8. The number of aryl methyl sites for hydroxylation is 1. The maximum Gasteiger partial charge on any atom is 0.269 e. The van der Waals surface area contributed by atoms with Crippen LogP contribution in [0.1, 0.15) is 16.8 Å². The van der Waals surface area contributed by atoms with Crippen molar-refractivity contribution in [2.45, 2.75) is 6.92 Å². The van der Waals surface area contributed by atoms with Gasteiger partial charge in [-0.25, -0.2) is 4.99 Å². The number of fused-ring (bicyclic) bond motifs is 1. The molecule has 11 nitrogen and oxygen atoms in total. The fourth-order valence-corrected chi connectivity index (χ4v) is 4.56. The summed E-state index contributed by atoms with van der Waals surface area (Å²) in [5.74, 6) is 1.64. The molecule has 11 heteroatoms. The zero-order valence-corrected chi connectivity index (χ0v) is 22.1. The minimum atomic E-state index is -0.472. The number of ether oxygens (including phenoxy) is 2. The molecule has 0 bridgehead atoms. The molecule has 3 heterocycles. The van der Waals surface area contributed by atoms with Crippen LogP contribution in [0.2, 0.25) is 0 Å². The number of para-hydroxylation sites is 1. The SMILES string of the molecule is Cc1cc(/C(=C2/C=CC(Oc3ccc([N+](=O)[O-])cc3)=N2)c2cccc3cccnc23)[nH]c1Oc1ccc([N+](=O)[O-])cc1. The Morgan fingerprint density at radius 1 is 0.810 bits per heavy atom. The normalized spacial score (nSPS) is 13.6. The number of nitro benzene ring substituents is 2. The number of hydrogen-bond donors (Lipinski definition) is 1. The van der Waals surface area contributed by atoms with Gasteiger partial charge in [-0.1, -0.05) is 24.3 Å². The van der Waals surface area contributed by atoms with Crippen LogP contribution >= 0.6 is 0 Å². The molecule has 6 rings (SSSR count). The summed E-state index contributed by atoms with van der Waals surface area (Å²) in [5.41, 5.74) is 4.42. The molecule has 0 unspecified atom stereocenters. The van der Waals surface area contributed by atoms with E-state index in [2.05, 4.69) is 9.97 Å². The molecule has 5 aromatic rings. The maximum atomic E-state index is 11.0. The Balaban J connectivity index is 1.41. The van der Waals surface area contributed by atoms with Crippen LogP contribution in [-0.4, -0.2) is 25.7 Å². The Labute approximate surface area is 238 Å². The van der Waals surface area contributed by atoms with Crippen molar-refractivity contribution in [2.24, 2.45) is 4.99 Å². The summed E-state index contributed by atoms with van der Waals surface area (Å²) in [6.07, 6.45) is 5.28. The lowest BCUT2D eigenvalue weighted by molar-refractivity contribution is -0.385. The number of nitrogens with zero attached hydrogens (tertiary/aromatic N) is 4. The van der Waals surface area contributed by atoms with Crippen LogP contribution in [0, 0.1) is 27.2 Å². The highest BCUT2D eigenvalue weighted by Crippen LogP contribution is 2.37. The zero-order chi connectivity index (χ0) is 29.2. The van der Waals surface area contributed by atoms with Crippen LogP contribution < -0.4 is 9.47 Å². The number of non-ortho nitro benzene ring substituents is 2. The Morgan fingerprint density at radius 2 is 1.45 bits per heavy atom. The van der Waals surface area contributed by atoms with Crippen LogP contribution in [0.5, 0.6) is 17.4 Å². The van der Waals surface area contributed by atoms with E-state index in [0.717, 1.165) is 27.6 Å². The Hall–Kier alpha value is -6.10. The third kappa shape index (κ3) is 5.21. The Morgan fingerprint density at radius 3 is 2.12 bits per heavy atom. The number of allylic oxidation sites excluding steroid dienone is 1. The molecule has 0 saturated carbocycles. The first-order valence-electron chi connectivity index (χ1n) is 12.8. The van der Waals surface area contributed by atoms with Gasteiger partial charge in [0.25, 0.3) is 11.4 Å². The lowest BCUT2D eigenvalue weighted by Crippen LogP contribution is -2.02. The molecule has 0 fully saturated rings. The van der Waals surface area contributed by atoms with Crippen molar-refractivity contribution in [3.63, 3.8) is 0 Å². The van der Waals surface area contributed by atoms with Crippen LogP contribution in [0.3, 0.4) is 0 Å². The van der Waals surface area contributed by atoms with Gasteiger partial charge in [0.05, 0.1) is 26.8 Å². The van der Waals surface area contributed by atoms with E-state index in [1.807, 2.05) is 49.4 Å². The molecule has 0 atom stereocenters. The van der Waals surface area contributed by atoms with Gasteiger partial charge in [-0.3, -0.25) is 25.2 Å². The summed E-state index contributed by atoms with van der Waals surface area (Å²) in [4.78, 5) is 33.8. The molecule has 0 saturated heterocycles. The Kier molecular flexibility index (Phi) is 6.73. The van der Waals surface area contributed by atoms with E-state index in [-0.39, 0.29) is 11.4 Å². The number of aromatic nitrogens is 2. The number of nitro groups is 2. The number of pyridine rings is 1. The molecule has 3 aromatic carbocycles. The van der Waals surface area contributed by atoms with Gasteiger partial charge < -0.3 is 14.5 Å². The van der Waals surface area contributed by atoms with Gasteiger partial charge in [0.1, 0.15) is 11.5 Å². The van der Waals surface area contributed by atoms with E-state index in [1.54, 1.807) is 12.3 Å². The van der Waals surface area contributed by atoms with E-state index in [1.165, 1.54) is 48.5 Å². The summed E-state index contributed by atoms with van der Waals surface area (Å²) in [7, 11) is 0. The number of nitrogens with one attached hydrogen (secondary N) is 1. The minimum absolute atomic E-state index is 0.0284. The molecule has 0 amide bonds. The van der Waals surface area contributed by atoms with Crippen molar-refractivity contribution in [1.82, 2.24) is 9.97 Å². The van der Waals surface area contributed by atoms with E-state index in [0.29, 0.717) is 34.7 Å². The fraction of sp³-hybridized carbons (Fsp3) is 0.0323. The van der Waals surface area contributed by atoms with Gasteiger partial charge in [0.15, 0.2) is 0 Å². The van der Waals surface area contributed by atoms with Crippen molar-refractivity contribution in [3.8, 4) is 17.4 Å². The standard InChI is InChI=1S/C31H21N5O6/c1-19-18-27(34-31(19)42-24-13-9-22(10-14-24)36(39)40)29(25-6-2-4-20-5-3-17-32-30(20)25)26-15-16-28(33-26)41-23-11-7-21(8-12-23)35(37)38/h2-18,34H,1H3/b29-26-. The van der Waals surface area contributed by atoms with E-state index < -0.39 is 9.85 Å². The smallest absolute Gasteiger partial charge is 0.269 e. The van der Waals surface area contributed by atoms with Crippen molar-refractivity contribution < 1.29 is 19.3 Å². The van der Waals surface area contributed by atoms with Crippen LogP contribution in [-0.2, 0) is 0 Å². The zero-order valence-electron chi connectivity index (χ0n) is 22.1. The summed E-state index contributed by atoms with van der Waals surface area (Å²) in [5, 5.41) is 23.0. The largest absolute Gasteiger partial charge is 0.441 e. The van der Waals surface area contributed by atoms with E-state index in [4.69, 9.17) is 14.5 Å². The molecule has 0 aliphatic carbocycles. The molecule has 0 spiro atoms. The van der Waals surface area contributed by atoms with Gasteiger partial charge in [-0.15, -0.1) is 0 Å². The molecular weight excluding hydrogens is 538 g/mol. The van der Waals surface area contributed by atoms with E-state index >= 15 is 0 Å². The van der Waals surface area contributed by atoms with Gasteiger partial charge in [0.2, 0.25) is 11.8 Å². The van der Waals surface area contributed by atoms with Gasteiger partial charge in [-0.05, 0) is 49.4 Å². The highest BCUT2D eigenvalue weighted by atomic mass is 16.6. The number of benzene rings is 3. The highest BCUT2D eigenvalue weighted by Gasteiger charge is 2.21. The van der Waals surface area contributed by atoms with Crippen molar-refractivity contribution in [3.05, 3.63) is 146 Å². The second-order valence-electron chi connectivity index (χ2n) is 9.33. The first-order valence-corrected chi connectivity index (χ1v) is 12.8. The predicted molar refractivity (Wildman–Crippen MR) is 157 cm³/mol. The highest BCUT2D eigenvalue weighted by molar-refractivity contribution is 6.01. The monoisotopic (exact) mass is 559 g/mol. The van der Waals surface area contributed by atoms with E-state index in [9.17, 15) is 20.2 Å². The maximum absolute atomic E-state index is 11.0. The van der Waals surface area contributed by atoms with Crippen LogP contribution in [0.4, 0.5) is 11.4 Å². The van der Waals surface area contributed by atoms with Crippen LogP contribution in [0.25, 0.3) is 16.5 Å². The number of rotatable bonds is 7. The Bertz CT molecular complexity index is 1930. The molecule has 206 valence electrons. The third-order valence-corrected chi connectivity index (χ3v) is 6.55. The average Bonchev–Trinajstić information content (AvgIpc) is 3.60. The molecule has 1 aliphatic rings. The molecule has 1 aliphatic heterocycles. The molecular formula is C31H21N5O6. The quantitative estimate of drug-likeness (QED) is 0.163. The lowest BCUT2D eigenvalue weighted by Gasteiger charge is -2.11. The van der Waals surface area contributed by atoms with Crippen molar-refractivity contribution in [2.75, 3.05) is 0 Å². The minimum Gasteiger partial charge on any atom is -0.441 e. The first kappa shape index (κ1) is 26.1. The van der Waals surface area contributed by atoms with Crippen molar-refractivity contribution >= 4 is 33.7 Å². The van der Waals surface area contributed by atoms with Gasteiger partial charge in [-0.2, -0.15) is 0 Å². The molecule has 0 radical (unpaired) electrons. The molecule has 1 N–H and O–H groups in total. The lowest BCUT2D eigenvalue weighted by atomic mass is 9.97. The number of H-pyrrole nitrogens is 1. The second kappa shape index (κ2) is 10.8. The van der Waals surface area contributed by atoms with Crippen molar-refractivity contribution in [1.29, 1.82) is 0 Å². The predicted octanol–water partition coefficient (Wildman–Crippen LogP) is 7.29. The topological polar surface area (TPSA) is 146 Å². The summed E-state index contributed by atoms with van der Waals surface area (Å²) < 4.78 is 11.9. The third-order valence-electron chi connectivity index (χ3n) is 6.55.